The highest BCUT2D eigenvalue weighted by atomic mass is 32.2. The molecule has 0 atom stereocenters. The zero-order chi connectivity index (χ0) is 24.3. The molecule has 2 saturated heterocycles. The van der Waals surface area contributed by atoms with Crippen LogP contribution in [0.25, 0.3) is 0 Å². The predicted molar refractivity (Wildman–Crippen MR) is 132 cm³/mol. The van der Waals surface area contributed by atoms with Crippen molar-refractivity contribution < 1.29 is 18.0 Å². The molecule has 0 unspecified atom stereocenters. The summed E-state index contributed by atoms with van der Waals surface area (Å²) >= 11 is 0. The minimum Gasteiger partial charge on any atom is -0.367 e. The van der Waals surface area contributed by atoms with E-state index in [2.05, 4.69) is 22.2 Å². The second-order valence-corrected chi connectivity index (χ2v) is 10.6. The third-order valence-corrected chi connectivity index (χ3v) is 8.31. The van der Waals surface area contributed by atoms with E-state index in [9.17, 15) is 18.0 Å². The Balaban J connectivity index is 1.49. The van der Waals surface area contributed by atoms with Gasteiger partial charge in [0.2, 0.25) is 15.9 Å². The van der Waals surface area contributed by atoms with E-state index >= 15 is 0 Å². The first-order valence-corrected chi connectivity index (χ1v) is 12.9. The molecule has 2 fully saturated rings. The van der Waals surface area contributed by atoms with Crippen LogP contribution in [0.5, 0.6) is 0 Å². The molecule has 0 saturated carbocycles. The highest BCUT2D eigenvalue weighted by Gasteiger charge is 2.29. The van der Waals surface area contributed by atoms with Crippen molar-refractivity contribution in [2.24, 2.45) is 0 Å². The van der Waals surface area contributed by atoms with Gasteiger partial charge in [-0.05, 0) is 37.4 Å². The molecule has 2 aromatic carbocycles. The van der Waals surface area contributed by atoms with E-state index in [4.69, 9.17) is 0 Å². The molecular formula is C24H31N5O4S. The molecule has 34 heavy (non-hydrogen) atoms. The van der Waals surface area contributed by atoms with Gasteiger partial charge >= 0.3 is 0 Å². The van der Waals surface area contributed by atoms with Crippen LogP contribution >= 0.6 is 0 Å². The molecule has 2 aliphatic rings. The maximum absolute atomic E-state index is 13.2. The Labute approximate surface area is 201 Å². The molecule has 2 heterocycles. The molecule has 2 aliphatic heterocycles. The summed E-state index contributed by atoms with van der Waals surface area (Å²) < 4.78 is 27.7. The predicted octanol–water partition coefficient (Wildman–Crippen LogP) is 1.54. The molecule has 1 N–H and O–H groups in total. The summed E-state index contributed by atoms with van der Waals surface area (Å²) in [5.74, 6) is -0.424. The molecule has 2 aromatic rings. The summed E-state index contributed by atoms with van der Waals surface area (Å²) in [6, 6.07) is 13.8. The van der Waals surface area contributed by atoms with Crippen LogP contribution in [0.15, 0.2) is 53.4 Å². The Morgan fingerprint density at radius 3 is 2.21 bits per heavy atom. The van der Waals surface area contributed by atoms with E-state index in [0.29, 0.717) is 18.8 Å². The Morgan fingerprint density at radius 2 is 1.53 bits per heavy atom. The van der Waals surface area contributed by atoms with Crippen LogP contribution in [0.2, 0.25) is 0 Å². The van der Waals surface area contributed by atoms with Gasteiger partial charge in [0, 0.05) is 64.8 Å². The molecule has 9 nitrogen and oxygen atoms in total. The van der Waals surface area contributed by atoms with Gasteiger partial charge in [0.1, 0.15) is 0 Å². The van der Waals surface area contributed by atoms with E-state index in [1.807, 2.05) is 24.3 Å². The summed E-state index contributed by atoms with van der Waals surface area (Å²) in [5, 5.41) is 2.97. The SMILES string of the molecule is CC(=O)N1CCN(S(=O)(=O)c2cccc(C(=O)Nc3ccccc3N3CCN(C)CC3)c2)CC1. The standard InChI is InChI=1S/C24H31N5O4S/c1-19(30)27-14-16-29(17-15-27)34(32,33)21-7-5-6-20(18-21)24(31)25-22-8-3-4-9-23(22)28-12-10-26(2)11-13-28/h3-9,18H,10-17H2,1-2H3,(H,25,31). The molecule has 0 spiro atoms. The molecule has 0 aromatic heterocycles. The number of hydrogen-bond donors (Lipinski definition) is 1. The van der Waals surface area contributed by atoms with Gasteiger partial charge in [0.25, 0.3) is 5.91 Å². The summed E-state index contributed by atoms with van der Waals surface area (Å²) in [6.45, 7) is 6.30. The van der Waals surface area contributed by atoms with E-state index in [0.717, 1.165) is 31.9 Å². The zero-order valence-corrected chi connectivity index (χ0v) is 20.4. The van der Waals surface area contributed by atoms with E-state index in [-0.39, 0.29) is 35.4 Å². The van der Waals surface area contributed by atoms with E-state index in [1.54, 1.807) is 17.0 Å². The van der Waals surface area contributed by atoms with Crippen LogP contribution in [0.3, 0.4) is 0 Å². The lowest BCUT2D eigenvalue weighted by Crippen LogP contribution is -2.49. The number of amides is 2. The van der Waals surface area contributed by atoms with Gasteiger partial charge in [0.05, 0.1) is 16.3 Å². The third-order valence-electron chi connectivity index (χ3n) is 6.41. The molecule has 0 radical (unpaired) electrons. The van der Waals surface area contributed by atoms with Crippen molar-refractivity contribution in [1.29, 1.82) is 0 Å². The van der Waals surface area contributed by atoms with Crippen LogP contribution in [-0.2, 0) is 14.8 Å². The maximum Gasteiger partial charge on any atom is 0.255 e. The first kappa shape index (κ1) is 24.2. The monoisotopic (exact) mass is 485 g/mol. The van der Waals surface area contributed by atoms with Gasteiger partial charge in [-0.3, -0.25) is 9.59 Å². The number of likely N-dealkylation sites (N-methyl/N-ethyl adjacent to an activating group) is 1. The second kappa shape index (κ2) is 10.1. The number of carbonyl (C=O) groups is 2. The number of nitrogens with one attached hydrogen (secondary N) is 1. The number of benzene rings is 2. The normalized spacial score (nSPS) is 18.1. The number of hydrogen-bond acceptors (Lipinski definition) is 6. The Kier molecular flexibility index (Phi) is 7.20. The fourth-order valence-corrected chi connectivity index (χ4v) is 5.76. The average Bonchev–Trinajstić information content (AvgIpc) is 2.85. The molecule has 0 bridgehead atoms. The highest BCUT2D eigenvalue weighted by Crippen LogP contribution is 2.27. The van der Waals surface area contributed by atoms with E-state index < -0.39 is 10.0 Å². The minimum atomic E-state index is -3.77. The lowest BCUT2D eigenvalue weighted by atomic mass is 10.2. The molecule has 10 heteroatoms. The van der Waals surface area contributed by atoms with Crippen molar-refractivity contribution >= 4 is 33.2 Å². The number of rotatable bonds is 5. The summed E-state index contributed by atoms with van der Waals surface area (Å²) in [6.07, 6.45) is 0. The lowest BCUT2D eigenvalue weighted by molar-refractivity contribution is -0.129. The van der Waals surface area contributed by atoms with Gasteiger partial charge < -0.3 is 20.0 Å². The fourth-order valence-electron chi connectivity index (χ4n) is 4.29. The van der Waals surface area contributed by atoms with Gasteiger partial charge in [-0.1, -0.05) is 18.2 Å². The second-order valence-electron chi connectivity index (χ2n) is 8.70. The number of sulfonamides is 1. The number of piperazine rings is 2. The topological polar surface area (TPSA) is 93.3 Å². The van der Waals surface area contributed by atoms with Crippen molar-refractivity contribution in [1.82, 2.24) is 14.1 Å². The number of carbonyl (C=O) groups excluding carboxylic acids is 2. The van der Waals surface area contributed by atoms with Gasteiger partial charge in [-0.2, -0.15) is 4.31 Å². The van der Waals surface area contributed by atoms with Crippen molar-refractivity contribution in [2.75, 3.05) is 69.6 Å². The molecule has 182 valence electrons. The van der Waals surface area contributed by atoms with Gasteiger partial charge in [0.15, 0.2) is 0 Å². The van der Waals surface area contributed by atoms with Crippen LogP contribution in [0.1, 0.15) is 17.3 Å². The van der Waals surface area contributed by atoms with Crippen LogP contribution in [-0.4, -0.2) is 93.7 Å². The Morgan fingerprint density at radius 1 is 0.853 bits per heavy atom. The average molecular weight is 486 g/mol. The molecule has 2 amide bonds. The van der Waals surface area contributed by atoms with Crippen molar-refractivity contribution in [3.8, 4) is 0 Å². The molecular weight excluding hydrogens is 454 g/mol. The number of para-hydroxylation sites is 2. The minimum absolute atomic E-state index is 0.0624. The first-order valence-electron chi connectivity index (χ1n) is 11.5. The van der Waals surface area contributed by atoms with Crippen molar-refractivity contribution in [3.63, 3.8) is 0 Å². The number of anilines is 2. The third kappa shape index (κ3) is 5.24. The summed E-state index contributed by atoms with van der Waals surface area (Å²) in [7, 11) is -1.68. The molecule has 0 aliphatic carbocycles. The maximum atomic E-state index is 13.2. The van der Waals surface area contributed by atoms with Crippen LogP contribution in [0.4, 0.5) is 11.4 Å². The number of nitrogens with zero attached hydrogens (tertiary/aromatic N) is 4. The van der Waals surface area contributed by atoms with Crippen molar-refractivity contribution in [3.05, 3.63) is 54.1 Å². The zero-order valence-electron chi connectivity index (χ0n) is 19.6. The van der Waals surface area contributed by atoms with E-state index in [1.165, 1.54) is 23.4 Å². The van der Waals surface area contributed by atoms with Crippen LogP contribution in [0, 0.1) is 0 Å². The Bertz CT molecular complexity index is 1150. The summed E-state index contributed by atoms with van der Waals surface area (Å²) in [4.78, 5) is 30.8. The van der Waals surface area contributed by atoms with Gasteiger partial charge in [-0.15, -0.1) is 0 Å². The quantitative estimate of drug-likeness (QED) is 0.691. The first-order chi connectivity index (χ1) is 16.3. The Hall–Kier alpha value is -2.95. The smallest absolute Gasteiger partial charge is 0.255 e. The molecule has 4 rings (SSSR count). The highest BCUT2D eigenvalue weighted by molar-refractivity contribution is 7.89. The largest absolute Gasteiger partial charge is 0.367 e. The lowest BCUT2D eigenvalue weighted by Gasteiger charge is -2.35. The van der Waals surface area contributed by atoms with Crippen LogP contribution < -0.4 is 10.2 Å². The summed E-state index contributed by atoms with van der Waals surface area (Å²) in [5.41, 5.74) is 1.93. The van der Waals surface area contributed by atoms with Gasteiger partial charge in [-0.25, -0.2) is 8.42 Å². The van der Waals surface area contributed by atoms with Crippen molar-refractivity contribution in [2.45, 2.75) is 11.8 Å². The fraction of sp³-hybridized carbons (Fsp3) is 0.417.